The summed E-state index contributed by atoms with van der Waals surface area (Å²) >= 11 is 3.35. The Bertz CT molecular complexity index is 1460. The van der Waals surface area contributed by atoms with Gasteiger partial charge in [0.1, 0.15) is 6.61 Å². The van der Waals surface area contributed by atoms with Crippen LogP contribution in [-0.4, -0.2) is 20.8 Å². The fourth-order valence-corrected chi connectivity index (χ4v) is 3.32. The lowest BCUT2D eigenvalue weighted by molar-refractivity contribution is -0.385. The fraction of sp³-hybridized carbons (Fsp3) is 0.0455. The third-order valence-corrected chi connectivity index (χ3v) is 5.14. The van der Waals surface area contributed by atoms with Crippen molar-refractivity contribution in [2.75, 3.05) is 0 Å². The van der Waals surface area contributed by atoms with Gasteiger partial charge in [0.05, 0.1) is 22.0 Å². The number of ether oxygens (including phenoxy) is 1. The van der Waals surface area contributed by atoms with Crippen LogP contribution in [0.4, 0.5) is 5.69 Å². The summed E-state index contributed by atoms with van der Waals surface area (Å²) in [5.41, 5.74) is -0.156. The van der Waals surface area contributed by atoms with Crippen molar-refractivity contribution in [3.63, 3.8) is 0 Å². The number of aromatic nitrogens is 2. The van der Waals surface area contributed by atoms with Crippen LogP contribution in [0.1, 0.15) is 11.1 Å². The number of fused-ring (bicyclic) bond motifs is 1. The van der Waals surface area contributed by atoms with E-state index in [1.807, 2.05) is 24.3 Å². The summed E-state index contributed by atoms with van der Waals surface area (Å²) in [6.45, 7) is 0.0788. The van der Waals surface area contributed by atoms with Crippen molar-refractivity contribution in [3.05, 3.63) is 113 Å². The molecule has 0 aliphatic carbocycles. The Morgan fingerprint density at radius 3 is 2.56 bits per heavy atom. The number of H-pyrrole nitrogens is 1. The van der Waals surface area contributed by atoms with Crippen LogP contribution in [0.15, 0.2) is 85.9 Å². The Morgan fingerprint density at radius 2 is 1.81 bits per heavy atom. The van der Waals surface area contributed by atoms with Gasteiger partial charge < -0.3 is 9.72 Å². The van der Waals surface area contributed by atoms with E-state index in [1.54, 1.807) is 30.3 Å². The predicted molar refractivity (Wildman–Crippen MR) is 123 cm³/mol. The molecule has 0 amide bonds. The number of nitrogens with zero attached hydrogens (tertiary/aromatic N) is 3. The average molecular weight is 495 g/mol. The Morgan fingerprint density at radius 1 is 1.06 bits per heavy atom. The van der Waals surface area contributed by atoms with Crippen molar-refractivity contribution in [1.29, 1.82) is 0 Å². The van der Waals surface area contributed by atoms with E-state index >= 15 is 0 Å². The lowest BCUT2D eigenvalue weighted by Crippen LogP contribution is -2.32. The molecule has 160 valence electrons. The van der Waals surface area contributed by atoms with Crippen LogP contribution in [0.25, 0.3) is 10.9 Å². The summed E-state index contributed by atoms with van der Waals surface area (Å²) in [5, 5.41) is 15.8. The topological polar surface area (TPSA) is 120 Å². The molecule has 0 saturated carbocycles. The summed E-state index contributed by atoms with van der Waals surface area (Å²) in [6.07, 6.45) is 1.19. The highest BCUT2D eigenvalue weighted by atomic mass is 79.9. The Kier molecular flexibility index (Phi) is 5.95. The molecular formula is C22H15BrN4O5. The van der Waals surface area contributed by atoms with Gasteiger partial charge in [-0.05, 0) is 35.9 Å². The van der Waals surface area contributed by atoms with E-state index in [0.29, 0.717) is 10.2 Å². The van der Waals surface area contributed by atoms with Gasteiger partial charge in [0.15, 0.2) is 0 Å². The number of para-hydroxylation sites is 2. The van der Waals surface area contributed by atoms with Gasteiger partial charge in [0.25, 0.3) is 5.56 Å². The van der Waals surface area contributed by atoms with Crippen LogP contribution in [0.3, 0.4) is 0 Å². The van der Waals surface area contributed by atoms with E-state index in [2.05, 4.69) is 26.0 Å². The molecule has 9 nitrogen and oxygen atoms in total. The molecule has 0 fully saturated rings. The highest BCUT2D eigenvalue weighted by Gasteiger charge is 2.19. The van der Waals surface area contributed by atoms with E-state index < -0.39 is 16.2 Å². The molecule has 3 aromatic carbocycles. The Balaban J connectivity index is 1.73. The van der Waals surface area contributed by atoms with Crippen molar-refractivity contribution < 1.29 is 9.66 Å². The molecule has 0 aliphatic heterocycles. The van der Waals surface area contributed by atoms with E-state index in [0.717, 1.165) is 10.0 Å². The molecule has 4 rings (SSSR count). The summed E-state index contributed by atoms with van der Waals surface area (Å²) < 4.78 is 7.31. The van der Waals surface area contributed by atoms with Gasteiger partial charge in [-0.2, -0.15) is 5.10 Å². The first-order chi connectivity index (χ1) is 15.4. The molecule has 1 aromatic heterocycles. The molecule has 0 radical (unpaired) electrons. The maximum Gasteiger partial charge on any atom is 0.349 e. The van der Waals surface area contributed by atoms with Crippen LogP contribution in [-0.2, 0) is 6.61 Å². The molecule has 0 aliphatic rings. The van der Waals surface area contributed by atoms with Gasteiger partial charge in [-0.25, -0.2) is 4.79 Å². The van der Waals surface area contributed by atoms with Gasteiger partial charge in [-0.15, -0.1) is 4.68 Å². The highest BCUT2D eigenvalue weighted by Crippen LogP contribution is 2.31. The fourth-order valence-electron chi connectivity index (χ4n) is 3.06. The predicted octanol–water partition coefficient (Wildman–Crippen LogP) is 3.82. The number of nitro benzene ring substituents is 1. The summed E-state index contributed by atoms with van der Waals surface area (Å²) in [6, 6.07) is 18.2. The minimum Gasteiger partial charge on any atom is -0.481 e. The largest absolute Gasteiger partial charge is 0.481 e. The van der Waals surface area contributed by atoms with Gasteiger partial charge in [0, 0.05) is 16.1 Å². The zero-order valence-electron chi connectivity index (χ0n) is 16.4. The van der Waals surface area contributed by atoms with E-state index in [9.17, 15) is 19.7 Å². The van der Waals surface area contributed by atoms with Crippen LogP contribution in [0, 0.1) is 10.1 Å². The Labute approximate surface area is 188 Å². The standard InChI is InChI=1S/C22H15BrN4O5/c23-16-10-8-14(9-11-16)13-32-20-15(4-3-7-19(20)27(30)31)12-24-26-21(28)17-5-1-2-6-18(17)25-22(26)29/h1-12H,13H2,(H,25,29). The smallest absolute Gasteiger partial charge is 0.349 e. The molecule has 0 atom stereocenters. The summed E-state index contributed by atoms with van der Waals surface area (Å²) in [7, 11) is 0. The number of aromatic amines is 1. The number of benzene rings is 3. The van der Waals surface area contributed by atoms with Crippen molar-refractivity contribution in [2.24, 2.45) is 5.10 Å². The van der Waals surface area contributed by atoms with Crippen molar-refractivity contribution in [3.8, 4) is 5.75 Å². The monoisotopic (exact) mass is 494 g/mol. The number of hydrogen-bond acceptors (Lipinski definition) is 6. The lowest BCUT2D eigenvalue weighted by atomic mass is 10.2. The molecule has 1 heterocycles. The minimum atomic E-state index is -0.729. The van der Waals surface area contributed by atoms with E-state index in [-0.39, 0.29) is 29.0 Å². The minimum absolute atomic E-state index is 0.0190. The highest BCUT2D eigenvalue weighted by molar-refractivity contribution is 9.10. The van der Waals surface area contributed by atoms with Crippen LogP contribution in [0.5, 0.6) is 5.75 Å². The molecule has 4 aromatic rings. The van der Waals surface area contributed by atoms with Gasteiger partial charge in [-0.3, -0.25) is 14.9 Å². The number of nitro groups is 1. The first-order valence-electron chi connectivity index (χ1n) is 9.37. The van der Waals surface area contributed by atoms with E-state index in [1.165, 1.54) is 18.3 Å². The average Bonchev–Trinajstić information content (AvgIpc) is 2.78. The van der Waals surface area contributed by atoms with Crippen LogP contribution >= 0.6 is 15.9 Å². The number of rotatable bonds is 6. The molecule has 0 bridgehead atoms. The van der Waals surface area contributed by atoms with Crippen molar-refractivity contribution in [1.82, 2.24) is 9.66 Å². The zero-order chi connectivity index (χ0) is 22.7. The molecule has 10 heteroatoms. The maximum absolute atomic E-state index is 12.7. The van der Waals surface area contributed by atoms with Gasteiger partial charge in [0.2, 0.25) is 5.75 Å². The first-order valence-corrected chi connectivity index (χ1v) is 10.2. The van der Waals surface area contributed by atoms with Crippen molar-refractivity contribution >= 4 is 38.7 Å². The number of hydrogen-bond donors (Lipinski definition) is 1. The number of nitrogens with one attached hydrogen (secondary N) is 1. The lowest BCUT2D eigenvalue weighted by Gasteiger charge is -2.10. The molecule has 1 N–H and O–H groups in total. The molecule has 32 heavy (non-hydrogen) atoms. The summed E-state index contributed by atoms with van der Waals surface area (Å²) in [4.78, 5) is 38.5. The molecule has 0 saturated heterocycles. The third-order valence-electron chi connectivity index (χ3n) is 4.61. The Hall–Kier alpha value is -4.05. The summed E-state index contributed by atoms with van der Waals surface area (Å²) in [5.74, 6) is -0.0190. The maximum atomic E-state index is 12.7. The zero-order valence-corrected chi connectivity index (χ0v) is 18.0. The normalized spacial score (nSPS) is 11.2. The quantitative estimate of drug-likeness (QED) is 0.248. The molecular weight excluding hydrogens is 480 g/mol. The molecule has 0 unspecified atom stereocenters. The van der Waals surface area contributed by atoms with Gasteiger partial charge in [-0.1, -0.05) is 46.3 Å². The second kappa shape index (κ2) is 8.98. The van der Waals surface area contributed by atoms with Gasteiger partial charge >= 0.3 is 11.4 Å². The van der Waals surface area contributed by atoms with E-state index in [4.69, 9.17) is 4.74 Å². The third kappa shape index (κ3) is 4.35. The second-order valence-corrected chi connectivity index (χ2v) is 7.62. The molecule has 0 spiro atoms. The van der Waals surface area contributed by atoms with Crippen LogP contribution < -0.4 is 16.0 Å². The van der Waals surface area contributed by atoms with Crippen molar-refractivity contribution in [2.45, 2.75) is 6.61 Å². The van der Waals surface area contributed by atoms with Crippen LogP contribution in [0.2, 0.25) is 0 Å². The first kappa shape index (κ1) is 21.2. The SMILES string of the molecule is O=c1[nH]c2ccccc2c(=O)n1N=Cc1cccc([N+](=O)[O-])c1OCc1ccc(Br)cc1. The second-order valence-electron chi connectivity index (χ2n) is 6.71. The number of halogens is 1.